The van der Waals surface area contributed by atoms with E-state index < -0.39 is 11.6 Å². The van der Waals surface area contributed by atoms with E-state index in [2.05, 4.69) is 15.3 Å². The molecule has 112 valence electrons. The van der Waals surface area contributed by atoms with Crippen LogP contribution >= 0.6 is 0 Å². The maximum atomic E-state index is 13.0. The summed E-state index contributed by atoms with van der Waals surface area (Å²) in [5, 5.41) is 3.15. The fourth-order valence-corrected chi connectivity index (χ4v) is 1.54. The van der Waals surface area contributed by atoms with E-state index in [1.165, 1.54) is 6.07 Å². The van der Waals surface area contributed by atoms with Crippen molar-refractivity contribution in [3.8, 4) is 11.8 Å². The summed E-state index contributed by atoms with van der Waals surface area (Å²) in [5.74, 6) is -1.77. The molecule has 0 fully saturated rings. The van der Waals surface area contributed by atoms with Crippen LogP contribution in [0.5, 0.6) is 11.8 Å². The van der Waals surface area contributed by atoms with Gasteiger partial charge in [-0.05, 0) is 12.1 Å². The van der Waals surface area contributed by atoms with Crippen molar-refractivity contribution < 1.29 is 18.3 Å². The number of benzene rings is 1. The second-order valence-electron chi connectivity index (χ2n) is 4.22. The van der Waals surface area contributed by atoms with Gasteiger partial charge in [-0.25, -0.2) is 18.7 Å². The summed E-state index contributed by atoms with van der Waals surface area (Å²) < 4.78 is 36.0. The van der Waals surface area contributed by atoms with Gasteiger partial charge in [0.05, 0.1) is 6.61 Å². The third kappa shape index (κ3) is 4.73. The standard InChI is InChI=1S/C14H15F2N3O2/c1-20-5-4-17-7-10-8-18-14(19-9-10)21-11-2-3-12(15)13(16)6-11/h2-3,6,8-9,17H,4-5,7H2,1H3. The van der Waals surface area contributed by atoms with Crippen LogP contribution in [0, 0.1) is 11.6 Å². The van der Waals surface area contributed by atoms with Crippen LogP contribution in [0.4, 0.5) is 8.78 Å². The number of hydrogen-bond acceptors (Lipinski definition) is 5. The van der Waals surface area contributed by atoms with E-state index in [-0.39, 0.29) is 11.8 Å². The number of nitrogens with zero attached hydrogens (tertiary/aromatic N) is 2. The SMILES string of the molecule is COCCNCc1cnc(Oc2ccc(F)c(F)c2)nc1. The Bertz CT molecular complexity index is 579. The topological polar surface area (TPSA) is 56.3 Å². The molecule has 0 aliphatic carbocycles. The molecule has 0 saturated heterocycles. The maximum absolute atomic E-state index is 13.0. The first-order chi connectivity index (χ1) is 10.2. The fourth-order valence-electron chi connectivity index (χ4n) is 1.54. The van der Waals surface area contributed by atoms with Crippen LogP contribution in [0.2, 0.25) is 0 Å². The zero-order valence-electron chi connectivity index (χ0n) is 11.5. The molecule has 0 unspecified atom stereocenters. The largest absolute Gasteiger partial charge is 0.424 e. The molecule has 7 heteroatoms. The summed E-state index contributed by atoms with van der Waals surface area (Å²) in [6, 6.07) is 3.31. The van der Waals surface area contributed by atoms with Gasteiger partial charge in [0, 0.05) is 44.2 Å². The molecule has 5 nitrogen and oxygen atoms in total. The van der Waals surface area contributed by atoms with Gasteiger partial charge < -0.3 is 14.8 Å². The van der Waals surface area contributed by atoms with Gasteiger partial charge >= 0.3 is 6.01 Å². The van der Waals surface area contributed by atoms with Crippen molar-refractivity contribution in [1.82, 2.24) is 15.3 Å². The highest BCUT2D eigenvalue weighted by Gasteiger charge is 2.06. The molecule has 1 aromatic carbocycles. The molecule has 2 aromatic rings. The zero-order chi connectivity index (χ0) is 15.1. The van der Waals surface area contributed by atoms with E-state index in [4.69, 9.17) is 9.47 Å². The predicted octanol–water partition coefficient (Wildman–Crippen LogP) is 2.28. The summed E-state index contributed by atoms with van der Waals surface area (Å²) in [4.78, 5) is 8.01. The lowest BCUT2D eigenvalue weighted by Gasteiger charge is -2.06. The van der Waals surface area contributed by atoms with Crippen molar-refractivity contribution in [2.75, 3.05) is 20.3 Å². The van der Waals surface area contributed by atoms with Crippen LogP contribution in [-0.2, 0) is 11.3 Å². The predicted molar refractivity (Wildman–Crippen MR) is 72.0 cm³/mol. The zero-order valence-corrected chi connectivity index (χ0v) is 11.5. The smallest absolute Gasteiger partial charge is 0.321 e. The van der Waals surface area contributed by atoms with Crippen LogP contribution in [0.1, 0.15) is 5.56 Å². The van der Waals surface area contributed by atoms with Crippen LogP contribution in [-0.4, -0.2) is 30.2 Å². The van der Waals surface area contributed by atoms with Crippen molar-refractivity contribution in [2.45, 2.75) is 6.54 Å². The highest BCUT2D eigenvalue weighted by Crippen LogP contribution is 2.19. The Labute approximate surface area is 120 Å². The maximum Gasteiger partial charge on any atom is 0.321 e. The molecule has 0 amide bonds. The van der Waals surface area contributed by atoms with Crippen molar-refractivity contribution in [3.05, 3.63) is 47.8 Å². The number of ether oxygens (including phenoxy) is 2. The molecule has 21 heavy (non-hydrogen) atoms. The van der Waals surface area contributed by atoms with Crippen LogP contribution in [0.3, 0.4) is 0 Å². The van der Waals surface area contributed by atoms with Crippen LogP contribution < -0.4 is 10.1 Å². The van der Waals surface area contributed by atoms with Gasteiger partial charge in [-0.15, -0.1) is 0 Å². The van der Waals surface area contributed by atoms with Crippen molar-refractivity contribution >= 4 is 0 Å². The second-order valence-corrected chi connectivity index (χ2v) is 4.22. The van der Waals surface area contributed by atoms with Crippen molar-refractivity contribution in [3.63, 3.8) is 0 Å². The summed E-state index contributed by atoms with van der Waals surface area (Å²) in [5.41, 5.74) is 0.878. The lowest BCUT2D eigenvalue weighted by molar-refractivity contribution is 0.199. The first-order valence-corrected chi connectivity index (χ1v) is 6.32. The summed E-state index contributed by atoms with van der Waals surface area (Å²) >= 11 is 0. The molecular formula is C14H15F2N3O2. The monoisotopic (exact) mass is 295 g/mol. The van der Waals surface area contributed by atoms with Gasteiger partial charge in [-0.2, -0.15) is 0 Å². The molecule has 1 aromatic heterocycles. The number of methoxy groups -OCH3 is 1. The summed E-state index contributed by atoms with van der Waals surface area (Å²) in [6.07, 6.45) is 3.20. The average molecular weight is 295 g/mol. The molecule has 1 N–H and O–H groups in total. The molecule has 0 saturated carbocycles. The van der Waals surface area contributed by atoms with E-state index in [1.54, 1.807) is 19.5 Å². The van der Waals surface area contributed by atoms with E-state index >= 15 is 0 Å². The summed E-state index contributed by atoms with van der Waals surface area (Å²) in [7, 11) is 1.63. The number of halogens is 2. The summed E-state index contributed by atoms with van der Waals surface area (Å²) in [6.45, 7) is 1.95. The Kier molecular flexibility index (Phi) is 5.53. The minimum absolute atomic E-state index is 0.0710. The fraction of sp³-hybridized carbons (Fsp3) is 0.286. The number of hydrogen-bond donors (Lipinski definition) is 1. The first kappa shape index (κ1) is 15.3. The van der Waals surface area contributed by atoms with E-state index in [0.29, 0.717) is 13.2 Å². The van der Waals surface area contributed by atoms with Crippen molar-refractivity contribution in [2.24, 2.45) is 0 Å². The number of nitrogens with one attached hydrogen (secondary N) is 1. The van der Waals surface area contributed by atoms with Gasteiger partial charge in [-0.1, -0.05) is 0 Å². The van der Waals surface area contributed by atoms with Crippen LogP contribution in [0.15, 0.2) is 30.6 Å². The second kappa shape index (κ2) is 7.61. The van der Waals surface area contributed by atoms with Gasteiger partial charge in [-0.3, -0.25) is 0 Å². The van der Waals surface area contributed by atoms with Gasteiger partial charge in [0.25, 0.3) is 0 Å². The lowest BCUT2D eigenvalue weighted by atomic mass is 10.3. The molecule has 0 atom stereocenters. The molecule has 0 aliphatic heterocycles. The van der Waals surface area contributed by atoms with Crippen molar-refractivity contribution in [1.29, 1.82) is 0 Å². The highest BCUT2D eigenvalue weighted by atomic mass is 19.2. The number of rotatable bonds is 7. The van der Waals surface area contributed by atoms with E-state index in [0.717, 1.165) is 24.2 Å². The molecule has 0 aliphatic rings. The molecular weight excluding hydrogens is 280 g/mol. The normalized spacial score (nSPS) is 10.6. The quantitative estimate of drug-likeness (QED) is 0.794. The Balaban J connectivity index is 1.91. The third-order valence-electron chi connectivity index (χ3n) is 2.59. The van der Waals surface area contributed by atoms with E-state index in [9.17, 15) is 8.78 Å². The Hall–Kier alpha value is -2.12. The Morgan fingerprint density at radius 2 is 1.90 bits per heavy atom. The third-order valence-corrected chi connectivity index (χ3v) is 2.59. The Morgan fingerprint density at radius 1 is 1.14 bits per heavy atom. The average Bonchev–Trinajstić information content (AvgIpc) is 2.49. The minimum atomic E-state index is -0.980. The molecule has 1 heterocycles. The number of aromatic nitrogens is 2. The van der Waals surface area contributed by atoms with Gasteiger partial charge in [0.2, 0.25) is 0 Å². The molecule has 0 radical (unpaired) electrons. The van der Waals surface area contributed by atoms with Gasteiger partial charge in [0.15, 0.2) is 11.6 Å². The lowest BCUT2D eigenvalue weighted by Crippen LogP contribution is -2.18. The van der Waals surface area contributed by atoms with Crippen LogP contribution in [0.25, 0.3) is 0 Å². The molecule has 2 rings (SSSR count). The van der Waals surface area contributed by atoms with E-state index in [1.807, 2.05) is 0 Å². The Morgan fingerprint density at radius 3 is 2.57 bits per heavy atom. The molecule has 0 spiro atoms. The molecule has 0 bridgehead atoms. The van der Waals surface area contributed by atoms with Gasteiger partial charge in [0.1, 0.15) is 5.75 Å². The first-order valence-electron chi connectivity index (χ1n) is 6.32. The highest BCUT2D eigenvalue weighted by molar-refractivity contribution is 5.26. The minimum Gasteiger partial charge on any atom is -0.424 e.